The van der Waals surface area contributed by atoms with Gasteiger partial charge in [-0.05, 0) is 37.6 Å². The van der Waals surface area contributed by atoms with Gasteiger partial charge in [-0.25, -0.2) is 4.79 Å². The average molecular weight is 432 g/mol. The van der Waals surface area contributed by atoms with Gasteiger partial charge in [0.05, 0.1) is 24.1 Å². The number of aromatic amines is 1. The Morgan fingerprint density at radius 1 is 1.19 bits per heavy atom. The lowest BCUT2D eigenvalue weighted by Gasteiger charge is -2.14. The summed E-state index contributed by atoms with van der Waals surface area (Å²) in [6.07, 6.45) is 0. The van der Waals surface area contributed by atoms with Crippen LogP contribution in [0.3, 0.4) is 0 Å². The van der Waals surface area contributed by atoms with E-state index in [-0.39, 0.29) is 11.3 Å². The minimum absolute atomic E-state index is 0.144. The number of amides is 1. The first-order valence-electron chi connectivity index (χ1n) is 9.65. The van der Waals surface area contributed by atoms with E-state index < -0.39 is 11.9 Å². The van der Waals surface area contributed by atoms with Gasteiger partial charge in [0.25, 0.3) is 0 Å². The van der Waals surface area contributed by atoms with Gasteiger partial charge < -0.3 is 9.84 Å². The van der Waals surface area contributed by atoms with E-state index in [9.17, 15) is 14.7 Å². The van der Waals surface area contributed by atoms with E-state index in [1.54, 1.807) is 43.3 Å². The molecule has 162 valence electrons. The first kappa shape index (κ1) is 20.8. The fraction of sp³-hybridized carbons (Fsp3) is 0.136. The highest BCUT2D eigenvalue weighted by Crippen LogP contribution is 2.36. The number of para-hydroxylation sites is 1. The zero-order chi connectivity index (χ0) is 22.8. The van der Waals surface area contributed by atoms with Gasteiger partial charge in [0.15, 0.2) is 17.3 Å². The lowest BCUT2D eigenvalue weighted by Crippen LogP contribution is -2.28. The van der Waals surface area contributed by atoms with Crippen molar-refractivity contribution in [1.29, 1.82) is 0 Å². The van der Waals surface area contributed by atoms with E-state index in [1.165, 1.54) is 18.2 Å². The molecule has 0 spiro atoms. The zero-order valence-electron chi connectivity index (χ0n) is 17.6. The number of hydrazone groups is 2. The van der Waals surface area contributed by atoms with E-state index >= 15 is 0 Å². The van der Waals surface area contributed by atoms with Crippen LogP contribution in [0.25, 0.3) is 11.1 Å². The van der Waals surface area contributed by atoms with Gasteiger partial charge >= 0.3 is 11.9 Å². The van der Waals surface area contributed by atoms with Crippen LogP contribution in [0.15, 0.2) is 58.7 Å². The number of carboxylic acid groups (broad SMARTS) is 1. The molecule has 1 aliphatic rings. The summed E-state index contributed by atoms with van der Waals surface area (Å²) < 4.78 is 5.57. The largest absolute Gasteiger partial charge is 0.494 e. The van der Waals surface area contributed by atoms with Gasteiger partial charge in [0.1, 0.15) is 0 Å². The Morgan fingerprint density at radius 3 is 2.66 bits per heavy atom. The number of hydrogen-bond acceptors (Lipinski definition) is 7. The number of nitrogens with zero attached hydrogens (tertiary/aromatic N) is 4. The number of carbonyl (C=O) groups is 2. The molecule has 0 radical (unpaired) electrons. The molecule has 3 N–H and O–H groups in total. The smallest absolute Gasteiger partial charge is 0.335 e. The second kappa shape index (κ2) is 8.34. The molecule has 1 amide bonds. The van der Waals surface area contributed by atoms with Crippen molar-refractivity contribution in [2.45, 2.75) is 13.8 Å². The maximum absolute atomic E-state index is 12.8. The first-order chi connectivity index (χ1) is 15.4. The number of carbonyl (C=O) groups excluding carboxylic acids is 1. The van der Waals surface area contributed by atoms with Crippen LogP contribution in [-0.2, 0) is 4.79 Å². The lowest BCUT2D eigenvalue weighted by molar-refractivity contribution is -0.112. The number of benzene rings is 2. The summed E-state index contributed by atoms with van der Waals surface area (Å²) in [6, 6.07) is 13.6. The fourth-order valence-electron chi connectivity index (χ4n) is 3.30. The van der Waals surface area contributed by atoms with Crippen LogP contribution in [0.1, 0.15) is 23.0 Å². The van der Waals surface area contributed by atoms with Gasteiger partial charge in [0.2, 0.25) is 0 Å². The van der Waals surface area contributed by atoms with E-state index in [2.05, 4.69) is 25.8 Å². The molecular formula is C22H20N6O4. The molecule has 0 atom stereocenters. The molecular weight excluding hydrogens is 412 g/mol. The highest BCUT2D eigenvalue weighted by Gasteiger charge is 2.32. The SMILES string of the molecule is COc1c(N/N=C2/C(=O)N(c3cc(C)[nH]n3)N=C2C)cccc1-c1cccc(C(=O)O)c1. The van der Waals surface area contributed by atoms with Crippen LogP contribution >= 0.6 is 0 Å². The summed E-state index contributed by atoms with van der Waals surface area (Å²) in [7, 11) is 1.51. The molecule has 10 nitrogen and oxygen atoms in total. The molecule has 0 fully saturated rings. The number of hydrogen-bond donors (Lipinski definition) is 3. The molecule has 1 aliphatic heterocycles. The Kier molecular flexibility index (Phi) is 5.42. The van der Waals surface area contributed by atoms with Crippen molar-refractivity contribution in [2.75, 3.05) is 17.5 Å². The van der Waals surface area contributed by atoms with E-state index in [1.807, 2.05) is 13.0 Å². The van der Waals surface area contributed by atoms with Crippen molar-refractivity contribution in [3.05, 3.63) is 59.8 Å². The minimum Gasteiger partial charge on any atom is -0.494 e. The molecule has 0 aliphatic carbocycles. The van der Waals surface area contributed by atoms with Crippen LogP contribution in [0, 0.1) is 6.92 Å². The quantitative estimate of drug-likeness (QED) is 0.512. The molecule has 0 unspecified atom stereocenters. The van der Waals surface area contributed by atoms with Crippen molar-refractivity contribution in [1.82, 2.24) is 10.2 Å². The summed E-state index contributed by atoms with van der Waals surface area (Å²) in [6.45, 7) is 3.51. The van der Waals surface area contributed by atoms with E-state index in [0.717, 1.165) is 5.69 Å². The highest BCUT2D eigenvalue weighted by molar-refractivity contribution is 6.71. The standard InChI is InChI=1S/C22H20N6O4/c1-12-10-18(25-23-12)28-21(29)19(13(2)27-28)26-24-17-9-5-8-16(20(17)32-3)14-6-4-7-15(11-14)22(30)31/h4-11,24H,1-3H3,(H,23,25)(H,30,31)/b26-19+. The van der Waals surface area contributed by atoms with E-state index in [4.69, 9.17) is 4.74 Å². The summed E-state index contributed by atoms with van der Waals surface area (Å²) >= 11 is 0. The van der Waals surface area contributed by atoms with Crippen LogP contribution in [0.4, 0.5) is 11.5 Å². The summed E-state index contributed by atoms with van der Waals surface area (Å²) in [5.74, 6) is -0.586. The number of aromatic nitrogens is 2. The number of aryl methyl sites for hydroxylation is 1. The van der Waals surface area contributed by atoms with Gasteiger partial charge in [-0.15, -0.1) is 0 Å². The van der Waals surface area contributed by atoms with Gasteiger partial charge in [-0.3, -0.25) is 15.3 Å². The second-order valence-corrected chi connectivity index (χ2v) is 7.06. The van der Waals surface area contributed by atoms with Crippen LogP contribution in [0.5, 0.6) is 5.75 Å². The normalized spacial score (nSPS) is 14.6. The molecule has 32 heavy (non-hydrogen) atoms. The molecule has 4 rings (SSSR count). The third kappa shape index (κ3) is 3.81. The van der Waals surface area contributed by atoms with Crippen LogP contribution in [-0.4, -0.2) is 45.7 Å². The zero-order valence-corrected chi connectivity index (χ0v) is 17.6. The first-order valence-corrected chi connectivity index (χ1v) is 9.65. The van der Waals surface area contributed by atoms with E-state index in [0.29, 0.717) is 34.1 Å². The summed E-state index contributed by atoms with van der Waals surface area (Å²) in [5.41, 5.74) is 6.29. The molecule has 0 saturated carbocycles. The monoisotopic (exact) mass is 432 g/mol. The van der Waals surface area contributed by atoms with Gasteiger partial charge in [-0.2, -0.15) is 20.3 Å². The molecule has 2 heterocycles. The van der Waals surface area contributed by atoms with Crippen molar-refractivity contribution in [3.8, 4) is 16.9 Å². The Balaban J connectivity index is 1.64. The second-order valence-electron chi connectivity index (χ2n) is 7.06. The number of rotatable bonds is 6. The molecule has 0 saturated heterocycles. The molecule has 2 aromatic carbocycles. The number of aromatic carboxylic acids is 1. The fourth-order valence-corrected chi connectivity index (χ4v) is 3.30. The van der Waals surface area contributed by atoms with Crippen LogP contribution < -0.4 is 15.2 Å². The van der Waals surface area contributed by atoms with Crippen molar-refractivity contribution in [2.24, 2.45) is 10.2 Å². The summed E-state index contributed by atoms with van der Waals surface area (Å²) in [5, 5.41) is 25.8. The predicted molar refractivity (Wildman–Crippen MR) is 120 cm³/mol. The lowest BCUT2D eigenvalue weighted by atomic mass is 10.0. The van der Waals surface area contributed by atoms with Crippen molar-refractivity contribution in [3.63, 3.8) is 0 Å². The van der Waals surface area contributed by atoms with Gasteiger partial charge in [0, 0.05) is 17.3 Å². The van der Waals surface area contributed by atoms with Crippen molar-refractivity contribution >= 4 is 34.8 Å². The number of ether oxygens (including phenoxy) is 1. The maximum atomic E-state index is 12.8. The Bertz CT molecular complexity index is 1280. The molecule has 0 bridgehead atoms. The Labute approximate surface area is 183 Å². The number of anilines is 2. The van der Waals surface area contributed by atoms with Crippen molar-refractivity contribution < 1.29 is 19.4 Å². The maximum Gasteiger partial charge on any atom is 0.335 e. The number of carboxylic acids is 1. The minimum atomic E-state index is -1.02. The van der Waals surface area contributed by atoms with Crippen LogP contribution in [0.2, 0.25) is 0 Å². The number of nitrogens with one attached hydrogen (secondary N) is 2. The average Bonchev–Trinajstić information content (AvgIpc) is 3.34. The Morgan fingerprint density at radius 2 is 1.97 bits per heavy atom. The third-order valence-corrected chi connectivity index (χ3v) is 4.82. The molecule has 10 heteroatoms. The molecule has 1 aromatic heterocycles. The summed E-state index contributed by atoms with van der Waals surface area (Å²) in [4.78, 5) is 24.1. The number of methoxy groups -OCH3 is 1. The van der Waals surface area contributed by atoms with Gasteiger partial charge in [-0.1, -0.05) is 24.3 Å². The third-order valence-electron chi connectivity index (χ3n) is 4.82. The topological polar surface area (TPSA) is 132 Å². The Hall–Kier alpha value is -4.47. The molecule has 3 aromatic rings. The highest BCUT2D eigenvalue weighted by atomic mass is 16.5. The number of H-pyrrole nitrogens is 1. The predicted octanol–water partition coefficient (Wildman–Crippen LogP) is 3.28.